The molecule has 17 heavy (non-hydrogen) atoms. The zero-order valence-electron chi connectivity index (χ0n) is 9.75. The number of carbonyl (C=O) groups is 1. The van der Waals surface area contributed by atoms with Crippen molar-refractivity contribution < 1.29 is 9.32 Å². The summed E-state index contributed by atoms with van der Waals surface area (Å²) < 4.78 is 5.11. The van der Waals surface area contributed by atoms with Gasteiger partial charge in [-0.15, -0.1) is 0 Å². The average Bonchev–Trinajstić information content (AvgIpc) is 2.77. The molecule has 1 aromatic heterocycles. The van der Waals surface area contributed by atoms with Gasteiger partial charge < -0.3 is 9.42 Å². The SMILES string of the molecule is CN(C)Cc1nc(-c2cccc(C=O)c2)no1. The molecule has 2 rings (SSSR count). The Labute approximate surface area is 99.1 Å². The van der Waals surface area contributed by atoms with Crippen LogP contribution in [0.4, 0.5) is 0 Å². The van der Waals surface area contributed by atoms with Crippen LogP contribution in [-0.4, -0.2) is 35.4 Å². The number of hydrogen-bond acceptors (Lipinski definition) is 5. The third-order valence-corrected chi connectivity index (χ3v) is 2.20. The lowest BCUT2D eigenvalue weighted by molar-refractivity contribution is 0.112. The molecule has 5 heteroatoms. The third-order valence-electron chi connectivity index (χ3n) is 2.20. The van der Waals surface area contributed by atoms with Crippen LogP contribution in [0.5, 0.6) is 0 Å². The molecule has 0 saturated heterocycles. The molecule has 0 aliphatic carbocycles. The first kappa shape index (κ1) is 11.5. The molecule has 0 unspecified atom stereocenters. The average molecular weight is 231 g/mol. The fourth-order valence-electron chi connectivity index (χ4n) is 1.46. The smallest absolute Gasteiger partial charge is 0.241 e. The maximum Gasteiger partial charge on any atom is 0.241 e. The van der Waals surface area contributed by atoms with E-state index in [1.54, 1.807) is 18.2 Å². The number of benzene rings is 1. The molecule has 1 heterocycles. The molecule has 1 aromatic carbocycles. The molecule has 0 bridgehead atoms. The summed E-state index contributed by atoms with van der Waals surface area (Å²) in [6.45, 7) is 0.598. The summed E-state index contributed by atoms with van der Waals surface area (Å²) in [5, 5.41) is 3.89. The summed E-state index contributed by atoms with van der Waals surface area (Å²) in [5.41, 5.74) is 1.38. The van der Waals surface area contributed by atoms with Gasteiger partial charge in [-0.05, 0) is 20.2 Å². The molecule has 0 fully saturated rings. The van der Waals surface area contributed by atoms with Crippen molar-refractivity contribution in [1.29, 1.82) is 0 Å². The van der Waals surface area contributed by atoms with Gasteiger partial charge in [-0.3, -0.25) is 4.79 Å². The summed E-state index contributed by atoms with van der Waals surface area (Å²) in [7, 11) is 3.85. The van der Waals surface area contributed by atoms with Crippen LogP contribution >= 0.6 is 0 Å². The predicted octanol–water partition coefficient (Wildman–Crippen LogP) is 1.61. The van der Waals surface area contributed by atoms with E-state index >= 15 is 0 Å². The van der Waals surface area contributed by atoms with Gasteiger partial charge in [0.2, 0.25) is 11.7 Å². The van der Waals surface area contributed by atoms with Crippen LogP contribution in [0, 0.1) is 0 Å². The molecule has 88 valence electrons. The molecule has 0 spiro atoms. The number of aldehydes is 1. The highest BCUT2D eigenvalue weighted by Gasteiger charge is 2.09. The second-order valence-electron chi connectivity index (χ2n) is 3.99. The topological polar surface area (TPSA) is 59.2 Å². The number of aromatic nitrogens is 2. The number of rotatable bonds is 4. The van der Waals surface area contributed by atoms with Gasteiger partial charge in [-0.1, -0.05) is 23.4 Å². The predicted molar refractivity (Wildman–Crippen MR) is 62.5 cm³/mol. The Kier molecular flexibility index (Phi) is 3.30. The van der Waals surface area contributed by atoms with Crippen LogP contribution < -0.4 is 0 Å². The van der Waals surface area contributed by atoms with Crippen molar-refractivity contribution in [2.24, 2.45) is 0 Å². The Morgan fingerprint density at radius 2 is 2.24 bits per heavy atom. The van der Waals surface area contributed by atoms with Crippen LogP contribution in [0.2, 0.25) is 0 Å². The summed E-state index contributed by atoms with van der Waals surface area (Å²) in [5.74, 6) is 1.06. The Hall–Kier alpha value is -2.01. The van der Waals surface area contributed by atoms with Gasteiger partial charge >= 0.3 is 0 Å². The van der Waals surface area contributed by atoms with Gasteiger partial charge in [0, 0.05) is 11.1 Å². The van der Waals surface area contributed by atoms with E-state index in [2.05, 4.69) is 10.1 Å². The first-order chi connectivity index (χ1) is 8.19. The van der Waals surface area contributed by atoms with Crippen molar-refractivity contribution in [3.05, 3.63) is 35.7 Å². The van der Waals surface area contributed by atoms with Crippen molar-refractivity contribution in [3.63, 3.8) is 0 Å². The molecule has 2 aromatic rings. The number of nitrogens with zero attached hydrogens (tertiary/aromatic N) is 3. The lowest BCUT2D eigenvalue weighted by atomic mass is 10.1. The first-order valence-corrected chi connectivity index (χ1v) is 5.22. The van der Waals surface area contributed by atoms with Crippen LogP contribution in [0.25, 0.3) is 11.4 Å². The molecule has 0 N–H and O–H groups in total. The van der Waals surface area contributed by atoms with Crippen molar-refractivity contribution in [2.45, 2.75) is 6.54 Å². The summed E-state index contributed by atoms with van der Waals surface area (Å²) in [4.78, 5) is 16.9. The molecular formula is C12H13N3O2. The monoisotopic (exact) mass is 231 g/mol. The van der Waals surface area contributed by atoms with E-state index < -0.39 is 0 Å². The molecule has 0 aliphatic rings. The minimum absolute atomic E-state index is 0.505. The van der Waals surface area contributed by atoms with Gasteiger partial charge in [0.25, 0.3) is 0 Å². The third kappa shape index (κ3) is 2.76. The Balaban J connectivity index is 2.26. The first-order valence-electron chi connectivity index (χ1n) is 5.22. The van der Waals surface area contributed by atoms with Crippen molar-refractivity contribution in [1.82, 2.24) is 15.0 Å². The van der Waals surface area contributed by atoms with E-state index in [9.17, 15) is 4.79 Å². The molecule has 0 radical (unpaired) electrons. The molecule has 0 aliphatic heterocycles. The van der Waals surface area contributed by atoms with Gasteiger partial charge in [0.1, 0.15) is 6.29 Å². The fourth-order valence-corrected chi connectivity index (χ4v) is 1.46. The van der Waals surface area contributed by atoms with E-state index in [-0.39, 0.29) is 0 Å². The van der Waals surface area contributed by atoms with Crippen LogP contribution in [0.15, 0.2) is 28.8 Å². The van der Waals surface area contributed by atoms with Crippen LogP contribution in [0.1, 0.15) is 16.2 Å². The van der Waals surface area contributed by atoms with Gasteiger partial charge in [-0.25, -0.2) is 0 Å². The molecule has 0 atom stereocenters. The van der Waals surface area contributed by atoms with Gasteiger partial charge in [0.05, 0.1) is 6.54 Å². The van der Waals surface area contributed by atoms with Crippen molar-refractivity contribution in [3.8, 4) is 11.4 Å². The second-order valence-corrected chi connectivity index (χ2v) is 3.99. The van der Waals surface area contributed by atoms with Crippen molar-refractivity contribution in [2.75, 3.05) is 14.1 Å². The van der Waals surface area contributed by atoms with E-state index in [0.29, 0.717) is 23.8 Å². The Bertz CT molecular complexity index is 520. The number of carbonyl (C=O) groups excluding carboxylic acids is 1. The van der Waals surface area contributed by atoms with E-state index in [0.717, 1.165) is 11.8 Å². The van der Waals surface area contributed by atoms with E-state index in [1.165, 1.54) is 0 Å². The Morgan fingerprint density at radius 1 is 1.41 bits per heavy atom. The lowest BCUT2D eigenvalue weighted by Crippen LogP contribution is -2.10. The molecule has 5 nitrogen and oxygen atoms in total. The molecular weight excluding hydrogens is 218 g/mol. The summed E-state index contributed by atoms with van der Waals surface area (Å²) in [6, 6.07) is 7.10. The minimum Gasteiger partial charge on any atom is -0.338 e. The largest absolute Gasteiger partial charge is 0.338 e. The maximum atomic E-state index is 10.7. The van der Waals surface area contributed by atoms with Gasteiger partial charge in [-0.2, -0.15) is 4.98 Å². The minimum atomic E-state index is 0.505. The maximum absolute atomic E-state index is 10.7. The normalized spacial score (nSPS) is 10.8. The van der Waals surface area contributed by atoms with Gasteiger partial charge in [0.15, 0.2) is 0 Å². The molecule has 0 amide bonds. The summed E-state index contributed by atoms with van der Waals surface area (Å²) >= 11 is 0. The zero-order valence-corrected chi connectivity index (χ0v) is 9.75. The van der Waals surface area contributed by atoms with Crippen LogP contribution in [0.3, 0.4) is 0 Å². The highest BCUT2D eigenvalue weighted by Crippen LogP contribution is 2.16. The Morgan fingerprint density at radius 3 is 2.94 bits per heavy atom. The fraction of sp³-hybridized carbons (Fsp3) is 0.250. The van der Waals surface area contributed by atoms with Crippen LogP contribution in [-0.2, 0) is 6.54 Å². The zero-order chi connectivity index (χ0) is 12.3. The standard InChI is InChI=1S/C12H13N3O2/c1-15(2)7-11-13-12(14-17-11)10-5-3-4-9(6-10)8-16/h3-6,8H,7H2,1-2H3. The second kappa shape index (κ2) is 4.88. The summed E-state index contributed by atoms with van der Waals surface area (Å²) in [6.07, 6.45) is 0.796. The highest BCUT2D eigenvalue weighted by molar-refractivity contribution is 5.77. The molecule has 0 saturated carbocycles. The quantitative estimate of drug-likeness (QED) is 0.748. The highest BCUT2D eigenvalue weighted by atomic mass is 16.5. The van der Waals surface area contributed by atoms with E-state index in [1.807, 2.05) is 25.1 Å². The van der Waals surface area contributed by atoms with Crippen molar-refractivity contribution >= 4 is 6.29 Å². The number of hydrogen-bond donors (Lipinski definition) is 0. The van der Waals surface area contributed by atoms with E-state index in [4.69, 9.17) is 4.52 Å². The lowest BCUT2D eigenvalue weighted by Gasteiger charge is -2.02.